The molecule has 0 unspecified atom stereocenters. The number of ether oxygens (including phenoxy) is 1. The van der Waals surface area contributed by atoms with E-state index in [1.54, 1.807) is 12.1 Å². The molecule has 0 aliphatic heterocycles. The Bertz CT molecular complexity index is 848. The quantitative estimate of drug-likeness (QED) is 0.599. The standard InChI is InChI=1S/C25H33FN2O3/c1-6-23(25(30)27-18(4)5)28(15-19-7-11-21(26)12-8-19)24(29)16-31-22-13-9-20(10-14-22)17(2)3/h7-14,17-18,23H,6,15-16H2,1-5H3,(H,27,30)/t23-/m1/s1. The molecular formula is C25H33FN2O3. The van der Waals surface area contributed by atoms with Crippen molar-refractivity contribution in [3.8, 4) is 5.75 Å². The van der Waals surface area contributed by atoms with Crippen molar-refractivity contribution < 1.29 is 18.7 Å². The molecule has 0 bridgehead atoms. The van der Waals surface area contributed by atoms with E-state index in [4.69, 9.17) is 4.74 Å². The van der Waals surface area contributed by atoms with Gasteiger partial charge in [0.05, 0.1) is 0 Å². The Morgan fingerprint density at radius 3 is 2.13 bits per heavy atom. The van der Waals surface area contributed by atoms with Crippen molar-refractivity contribution in [2.24, 2.45) is 0 Å². The Kier molecular flexibility index (Phi) is 9.03. The summed E-state index contributed by atoms with van der Waals surface area (Å²) in [4.78, 5) is 27.4. The van der Waals surface area contributed by atoms with Gasteiger partial charge in [-0.2, -0.15) is 0 Å². The van der Waals surface area contributed by atoms with E-state index in [-0.39, 0.29) is 36.8 Å². The second kappa shape index (κ2) is 11.5. The van der Waals surface area contributed by atoms with Crippen LogP contribution in [0.2, 0.25) is 0 Å². The first-order valence-corrected chi connectivity index (χ1v) is 10.8. The van der Waals surface area contributed by atoms with Gasteiger partial charge in [-0.3, -0.25) is 9.59 Å². The van der Waals surface area contributed by atoms with Gasteiger partial charge in [0.15, 0.2) is 6.61 Å². The van der Waals surface area contributed by atoms with Gasteiger partial charge in [-0.1, -0.05) is 45.0 Å². The highest BCUT2D eigenvalue weighted by Gasteiger charge is 2.29. The Morgan fingerprint density at radius 1 is 1.00 bits per heavy atom. The Balaban J connectivity index is 2.17. The van der Waals surface area contributed by atoms with Crippen molar-refractivity contribution in [1.29, 1.82) is 0 Å². The summed E-state index contributed by atoms with van der Waals surface area (Å²) in [6.45, 7) is 9.84. The van der Waals surface area contributed by atoms with Gasteiger partial charge in [0.2, 0.25) is 5.91 Å². The predicted molar refractivity (Wildman–Crippen MR) is 120 cm³/mol. The van der Waals surface area contributed by atoms with E-state index in [1.807, 2.05) is 45.0 Å². The molecule has 168 valence electrons. The van der Waals surface area contributed by atoms with Crippen LogP contribution in [0.4, 0.5) is 4.39 Å². The minimum absolute atomic E-state index is 0.0416. The van der Waals surface area contributed by atoms with Crippen LogP contribution >= 0.6 is 0 Å². The van der Waals surface area contributed by atoms with Crippen molar-refractivity contribution >= 4 is 11.8 Å². The number of hydrogen-bond acceptors (Lipinski definition) is 3. The van der Waals surface area contributed by atoms with Gasteiger partial charge in [0, 0.05) is 12.6 Å². The molecule has 0 aromatic heterocycles. The van der Waals surface area contributed by atoms with Crippen LogP contribution in [0.5, 0.6) is 5.75 Å². The van der Waals surface area contributed by atoms with Crippen molar-refractivity contribution in [2.75, 3.05) is 6.61 Å². The first-order chi connectivity index (χ1) is 14.7. The first-order valence-electron chi connectivity index (χ1n) is 10.8. The van der Waals surface area contributed by atoms with Crippen LogP contribution < -0.4 is 10.1 Å². The average molecular weight is 429 g/mol. The summed E-state index contributed by atoms with van der Waals surface area (Å²) in [5, 5.41) is 2.88. The fraction of sp³-hybridized carbons (Fsp3) is 0.440. The van der Waals surface area contributed by atoms with Crippen LogP contribution in [-0.4, -0.2) is 35.4 Å². The fourth-order valence-electron chi connectivity index (χ4n) is 3.26. The van der Waals surface area contributed by atoms with Crippen molar-refractivity contribution in [3.05, 3.63) is 65.5 Å². The lowest BCUT2D eigenvalue weighted by Crippen LogP contribution is -2.51. The highest BCUT2D eigenvalue weighted by Crippen LogP contribution is 2.19. The summed E-state index contributed by atoms with van der Waals surface area (Å²) >= 11 is 0. The minimum atomic E-state index is -0.646. The zero-order valence-corrected chi connectivity index (χ0v) is 19.0. The number of nitrogens with one attached hydrogen (secondary N) is 1. The number of rotatable bonds is 10. The van der Waals surface area contributed by atoms with E-state index in [1.165, 1.54) is 22.6 Å². The van der Waals surface area contributed by atoms with Gasteiger partial charge in [0.1, 0.15) is 17.6 Å². The van der Waals surface area contributed by atoms with E-state index < -0.39 is 6.04 Å². The summed E-state index contributed by atoms with van der Waals surface area (Å²) in [5.74, 6) is 0.141. The molecule has 0 aliphatic carbocycles. The van der Waals surface area contributed by atoms with Crippen molar-refractivity contribution in [1.82, 2.24) is 10.2 Å². The third kappa shape index (κ3) is 7.39. The van der Waals surface area contributed by atoms with Crippen LogP contribution in [0, 0.1) is 5.82 Å². The average Bonchev–Trinajstić information content (AvgIpc) is 2.73. The van der Waals surface area contributed by atoms with Crippen LogP contribution in [0.1, 0.15) is 58.1 Å². The lowest BCUT2D eigenvalue weighted by atomic mass is 10.0. The lowest BCUT2D eigenvalue weighted by Gasteiger charge is -2.31. The molecule has 1 N–H and O–H groups in total. The third-order valence-corrected chi connectivity index (χ3v) is 4.99. The fourth-order valence-corrected chi connectivity index (χ4v) is 3.26. The molecule has 0 saturated carbocycles. The maximum Gasteiger partial charge on any atom is 0.261 e. The normalized spacial score (nSPS) is 12.0. The van der Waals surface area contributed by atoms with Gasteiger partial charge < -0.3 is 15.0 Å². The molecule has 0 saturated heterocycles. The topological polar surface area (TPSA) is 58.6 Å². The summed E-state index contributed by atoms with van der Waals surface area (Å²) in [6.07, 6.45) is 0.453. The van der Waals surface area contributed by atoms with Gasteiger partial charge in [-0.15, -0.1) is 0 Å². The molecule has 2 aromatic carbocycles. The van der Waals surface area contributed by atoms with Gasteiger partial charge >= 0.3 is 0 Å². The summed E-state index contributed by atoms with van der Waals surface area (Å²) < 4.78 is 19.0. The monoisotopic (exact) mass is 428 g/mol. The number of amides is 2. The number of nitrogens with zero attached hydrogens (tertiary/aromatic N) is 1. The maximum absolute atomic E-state index is 13.3. The number of carbonyl (C=O) groups excluding carboxylic acids is 2. The highest BCUT2D eigenvalue weighted by atomic mass is 19.1. The second-order valence-corrected chi connectivity index (χ2v) is 8.25. The zero-order valence-electron chi connectivity index (χ0n) is 19.0. The van der Waals surface area contributed by atoms with E-state index >= 15 is 0 Å². The number of carbonyl (C=O) groups is 2. The van der Waals surface area contributed by atoms with E-state index in [0.717, 1.165) is 5.56 Å². The van der Waals surface area contributed by atoms with Crippen LogP contribution in [0.3, 0.4) is 0 Å². The molecule has 5 nitrogen and oxygen atoms in total. The number of hydrogen-bond donors (Lipinski definition) is 1. The molecule has 2 aromatic rings. The van der Waals surface area contributed by atoms with Gasteiger partial charge in [-0.25, -0.2) is 4.39 Å². The maximum atomic E-state index is 13.3. The lowest BCUT2D eigenvalue weighted by molar-refractivity contribution is -0.143. The molecule has 0 radical (unpaired) electrons. The summed E-state index contributed by atoms with van der Waals surface area (Å²) in [6, 6.07) is 12.9. The van der Waals surface area contributed by atoms with E-state index in [0.29, 0.717) is 18.1 Å². The molecule has 0 aliphatic rings. The molecule has 0 fully saturated rings. The predicted octanol–water partition coefficient (Wildman–Crippen LogP) is 4.66. The molecule has 6 heteroatoms. The van der Waals surface area contributed by atoms with Gasteiger partial charge in [0.25, 0.3) is 5.91 Å². The van der Waals surface area contributed by atoms with Crippen molar-refractivity contribution in [2.45, 2.75) is 65.6 Å². The molecule has 31 heavy (non-hydrogen) atoms. The smallest absolute Gasteiger partial charge is 0.261 e. The summed E-state index contributed by atoms with van der Waals surface area (Å²) in [7, 11) is 0. The van der Waals surface area contributed by atoms with Crippen LogP contribution in [0.15, 0.2) is 48.5 Å². The molecule has 1 atom stereocenters. The number of halogens is 1. The second-order valence-electron chi connectivity index (χ2n) is 8.25. The minimum Gasteiger partial charge on any atom is -0.484 e. The zero-order chi connectivity index (χ0) is 23.0. The molecular weight excluding hydrogens is 395 g/mol. The molecule has 2 rings (SSSR count). The van der Waals surface area contributed by atoms with Crippen LogP contribution in [-0.2, 0) is 16.1 Å². The molecule has 2 amide bonds. The van der Waals surface area contributed by atoms with E-state index in [9.17, 15) is 14.0 Å². The summed E-state index contributed by atoms with van der Waals surface area (Å²) in [5.41, 5.74) is 1.93. The third-order valence-electron chi connectivity index (χ3n) is 4.99. The Hall–Kier alpha value is -2.89. The largest absolute Gasteiger partial charge is 0.484 e. The van der Waals surface area contributed by atoms with E-state index in [2.05, 4.69) is 19.2 Å². The Morgan fingerprint density at radius 2 is 1.61 bits per heavy atom. The van der Waals surface area contributed by atoms with Crippen LogP contribution in [0.25, 0.3) is 0 Å². The number of benzene rings is 2. The molecule has 0 spiro atoms. The SMILES string of the molecule is CC[C@H](C(=O)NC(C)C)N(Cc1ccc(F)cc1)C(=O)COc1ccc(C(C)C)cc1. The van der Waals surface area contributed by atoms with Gasteiger partial charge in [-0.05, 0) is 61.6 Å². The highest BCUT2D eigenvalue weighted by molar-refractivity contribution is 5.88. The molecule has 0 heterocycles. The van der Waals surface area contributed by atoms with Crippen molar-refractivity contribution in [3.63, 3.8) is 0 Å². The first kappa shape index (κ1) is 24.4. The Labute approximate surface area is 184 Å².